The van der Waals surface area contributed by atoms with Gasteiger partial charge in [-0.3, -0.25) is 5.10 Å². The molecular formula is C22H24N6O. The lowest BCUT2D eigenvalue weighted by molar-refractivity contribution is 0.238. The van der Waals surface area contributed by atoms with E-state index in [1.54, 1.807) is 0 Å². The van der Waals surface area contributed by atoms with E-state index >= 15 is 0 Å². The highest BCUT2D eigenvalue weighted by Crippen LogP contribution is 2.18. The van der Waals surface area contributed by atoms with E-state index in [9.17, 15) is 4.79 Å². The number of nitrogens with zero attached hydrogens (tertiary/aromatic N) is 3. The zero-order valence-electron chi connectivity index (χ0n) is 16.6. The highest BCUT2D eigenvalue weighted by molar-refractivity contribution is 6.15. The van der Waals surface area contributed by atoms with Gasteiger partial charge in [0.15, 0.2) is 0 Å². The summed E-state index contributed by atoms with van der Waals surface area (Å²) in [6, 6.07) is 14.3. The fourth-order valence-corrected chi connectivity index (χ4v) is 3.30. The molecule has 2 amide bonds. The smallest absolute Gasteiger partial charge is 0.315 e. The van der Waals surface area contributed by atoms with Gasteiger partial charge >= 0.3 is 6.03 Å². The van der Waals surface area contributed by atoms with Crippen LogP contribution in [0.3, 0.4) is 0 Å². The lowest BCUT2D eigenvalue weighted by atomic mass is 9.99. The Hall–Kier alpha value is -3.48. The molecule has 0 bridgehead atoms. The van der Waals surface area contributed by atoms with Gasteiger partial charge in [-0.05, 0) is 42.7 Å². The molecule has 3 aromatic rings. The minimum atomic E-state index is -0.157. The Morgan fingerprint density at radius 2 is 1.90 bits per heavy atom. The van der Waals surface area contributed by atoms with Gasteiger partial charge in [-0.1, -0.05) is 30.3 Å². The molecule has 0 aliphatic carbocycles. The van der Waals surface area contributed by atoms with E-state index in [1.165, 1.54) is 5.56 Å². The van der Waals surface area contributed by atoms with Crippen LogP contribution in [0.4, 0.5) is 4.79 Å². The molecule has 0 fully saturated rings. The van der Waals surface area contributed by atoms with Crippen LogP contribution in [-0.2, 0) is 13.0 Å². The maximum absolute atomic E-state index is 11.7. The van der Waals surface area contributed by atoms with Crippen molar-refractivity contribution in [2.45, 2.75) is 39.3 Å². The molecule has 0 atom stereocenters. The molecule has 0 unspecified atom stereocenters. The van der Waals surface area contributed by atoms with Crippen molar-refractivity contribution in [3.05, 3.63) is 65.4 Å². The van der Waals surface area contributed by atoms with E-state index in [2.05, 4.69) is 43.2 Å². The van der Waals surface area contributed by atoms with E-state index in [-0.39, 0.29) is 12.1 Å². The van der Waals surface area contributed by atoms with Crippen LogP contribution in [0.5, 0.6) is 0 Å². The summed E-state index contributed by atoms with van der Waals surface area (Å²) in [7, 11) is 0. The number of carbonyl (C=O) groups excluding carboxylic acids is 1. The molecule has 0 radical (unpaired) electrons. The first-order valence-corrected chi connectivity index (χ1v) is 9.75. The summed E-state index contributed by atoms with van der Waals surface area (Å²) in [4.78, 5) is 11.7. The zero-order valence-corrected chi connectivity index (χ0v) is 16.6. The first-order valence-electron chi connectivity index (χ1n) is 9.75. The van der Waals surface area contributed by atoms with Gasteiger partial charge in [0.2, 0.25) is 0 Å². The lowest BCUT2D eigenvalue weighted by Gasteiger charge is -2.10. The van der Waals surface area contributed by atoms with Gasteiger partial charge < -0.3 is 10.6 Å². The van der Waals surface area contributed by atoms with Gasteiger partial charge in [0.25, 0.3) is 0 Å². The third-order valence-corrected chi connectivity index (χ3v) is 4.76. The van der Waals surface area contributed by atoms with E-state index < -0.39 is 0 Å². The van der Waals surface area contributed by atoms with E-state index in [0.717, 1.165) is 46.3 Å². The Morgan fingerprint density at radius 1 is 1.10 bits per heavy atom. The van der Waals surface area contributed by atoms with Crippen molar-refractivity contribution in [2.75, 3.05) is 0 Å². The standard InChI is InChI=1S/C22H24N6O/c1-14(2)25-22(29)23-12-15-3-6-17(7-4-15)21-11-19(26-28-21)10-16-5-8-20-18(9-16)13-24-27-20/h3-9,13-14H,10-12H2,1-2H3,(H,24,27)(H2,23,25,29). The molecule has 4 rings (SSSR count). The number of aromatic nitrogens is 2. The Balaban J connectivity index is 1.31. The van der Waals surface area contributed by atoms with Crippen LogP contribution in [0.2, 0.25) is 0 Å². The van der Waals surface area contributed by atoms with Crippen LogP contribution in [0.1, 0.15) is 37.0 Å². The second kappa shape index (κ2) is 8.26. The maximum Gasteiger partial charge on any atom is 0.315 e. The number of carbonyl (C=O) groups is 1. The van der Waals surface area contributed by atoms with Gasteiger partial charge in [-0.25, -0.2) is 4.79 Å². The Bertz CT molecular complexity index is 1080. The minimum Gasteiger partial charge on any atom is -0.336 e. The maximum atomic E-state index is 11.7. The topological polar surface area (TPSA) is 94.5 Å². The fourth-order valence-electron chi connectivity index (χ4n) is 3.30. The van der Waals surface area contributed by atoms with Gasteiger partial charge in [0.05, 0.1) is 23.1 Å². The van der Waals surface area contributed by atoms with Crippen molar-refractivity contribution in [1.29, 1.82) is 0 Å². The van der Waals surface area contributed by atoms with Crippen LogP contribution in [0, 0.1) is 0 Å². The first kappa shape index (κ1) is 18.9. The Kier molecular flexibility index (Phi) is 5.37. The number of nitrogens with one attached hydrogen (secondary N) is 3. The van der Waals surface area contributed by atoms with E-state index in [1.807, 2.05) is 50.4 Å². The summed E-state index contributed by atoms with van der Waals surface area (Å²) in [6.45, 7) is 4.36. The van der Waals surface area contributed by atoms with Crippen molar-refractivity contribution in [3.8, 4) is 0 Å². The third kappa shape index (κ3) is 4.68. The molecule has 1 aromatic heterocycles. The molecule has 0 saturated heterocycles. The van der Waals surface area contributed by atoms with Gasteiger partial charge in [0.1, 0.15) is 0 Å². The number of rotatable bonds is 6. The Labute approximate surface area is 169 Å². The average Bonchev–Trinajstić information content (AvgIpc) is 3.35. The highest BCUT2D eigenvalue weighted by atomic mass is 16.2. The van der Waals surface area contributed by atoms with Gasteiger partial charge in [-0.2, -0.15) is 15.3 Å². The summed E-state index contributed by atoms with van der Waals surface area (Å²) >= 11 is 0. The predicted octanol–water partition coefficient (Wildman–Crippen LogP) is 3.56. The quantitative estimate of drug-likeness (QED) is 0.602. The number of urea groups is 1. The number of aromatic amines is 1. The van der Waals surface area contributed by atoms with Gasteiger partial charge in [-0.15, -0.1) is 0 Å². The van der Waals surface area contributed by atoms with Crippen LogP contribution >= 0.6 is 0 Å². The van der Waals surface area contributed by atoms with E-state index in [4.69, 9.17) is 0 Å². The average molecular weight is 388 g/mol. The second-order valence-electron chi connectivity index (χ2n) is 7.54. The Morgan fingerprint density at radius 3 is 2.69 bits per heavy atom. The molecule has 0 saturated carbocycles. The molecule has 7 nitrogen and oxygen atoms in total. The predicted molar refractivity (Wildman–Crippen MR) is 115 cm³/mol. The number of fused-ring (bicyclic) bond motifs is 1. The molecule has 2 aromatic carbocycles. The van der Waals surface area contributed by atoms with Crippen LogP contribution in [-0.4, -0.2) is 33.7 Å². The van der Waals surface area contributed by atoms with E-state index in [0.29, 0.717) is 6.54 Å². The molecule has 1 aliphatic heterocycles. The lowest BCUT2D eigenvalue weighted by Crippen LogP contribution is -2.39. The third-order valence-electron chi connectivity index (χ3n) is 4.76. The summed E-state index contributed by atoms with van der Waals surface area (Å²) in [5.41, 5.74) is 6.37. The SMILES string of the molecule is CC(C)NC(=O)NCc1ccc(C2=NN=C(Cc3ccc4[nH]ncc4c3)C2)cc1. The number of hydrogen-bond donors (Lipinski definition) is 3. The molecule has 29 heavy (non-hydrogen) atoms. The number of benzene rings is 2. The fraction of sp³-hybridized carbons (Fsp3) is 0.273. The monoisotopic (exact) mass is 388 g/mol. The summed E-state index contributed by atoms with van der Waals surface area (Å²) in [5, 5.41) is 22.6. The molecule has 3 N–H and O–H groups in total. The summed E-state index contributed by atoms with van der Waals surface area (Å²) in [5.74, 6) is 0. The normalized spacial score (nSPS) is 13.5. The first-order chi connectivity index (χ1) is 14.1. The van der Waals surface area contributed by atoms with Crippen LogP contribution in [0.15, 0.2) is 58.9 Å². The zero-order chi connectivity index (χ0) is 20.2. The minimum absolute atomic E-state index is 0.119. The van der Waals surface area contributed by atoms with Crippen molar-refractivity contribution in [3.63, 3.8) is 0 Å². The number of hydrogen-bond acceptors (Lipinski definition) is 4. The molecule has 1 aliphatic rings. The molecule has 0 spiro atoms. The largest absolute Gasteiger partial charge is 0.336 e. The second-order valence-corrected chi connectivity index (χ2v) is 7.54. The molecule has 7 heteroatoms. The molecule has 148 valence electrons. The van der Waals surface area contributed by atoms with Crippen molar-refractivity contribution >= 4 is 28.4 Å². The molecular weight excluding hydrogens is 364 g/mol. The molecule has 2 heterocycles. The van der Waals surface area contributed by atoms with Crippen molar-refractivity contribution in [1.82, 2.24) is 20.8 Å². The number of amides is 2. The van der Waals surface area contributed by atoms with Crippen LogP contribution < -0.4 is 10.6 Å². The highest BCUT2D eigenvalue weighted by Gasteiger charge is 2.15. The number of H-pyrrole nitrogens is 1. The van der Waals surface area contributed by atoms with Gasteiger partial charge in [0, 0.05) is 30.8 Å². The summed E-state index contributed by atoms with van der Waals surface area (Å²) < 4.78 is 0. The summed E-state index contributed by atoms with van der Waals surface area (Å²) in [6.07, 6.45) is 3.36. The van der Waals surface area contributed by atoms with Crippen LogP contribution in [0.25, 0.3) is 10.9 Å². The van der Waals surface area contributed by atoms with Crippen molar-refractivity contribution < 1.29 is 4.79 Å². The van der Waals surface area contributed by atoms with Crippen molar-refractivity contribution in [2.24, 2.45) is 10.2 Å².